The fraction of sp³-hybridized carbons (Fsp3) is 0.190. The first kappa shape index (κ1) is 15.9. The smallest absolute Gasteiger partial charge is 0.139 e. The molecule has 4 rings (SSSR count). The normalized spacial score (nSPS) is 11.3. The SMILES string of the molecule is CC(C)Cc1ccc(Nc2nccc3[nH]c(-c4ccsc4)cc23)cc1. The molecule has 126 valence electrons. The Morgan fingerprint density at radius 3 is 2.68 bits per heavy atom. The summed E-state index contributed by atoms with van der Waals surface area (Å²) in [5.74, 6) is 1.55. The van der Waals surface area contributed by atoms with E-state index in [0.717, 1.165) is 34.5 Å². The third kappa shape index (κ3) is 3.44. The summed E-state index contributed by atoms with van der Waals surface area (Å²) in [6.45, 7) is 4.49. The Hall–Kier alpha value is -2.59. The monoisotopic (exact) mass is 347 g/mol. The number of fused-ring (bicyclic) bond motifs is 1. The Labute approximate surface area is 151 Å². The number of hydrogen-bond donors (Lipinski definition) is 2. The van der Waals surface area contributed by atoms with Crippen LogP contribution in [-0.2, 0) is 6.42 Å². The molecule has 0 spiro atoms. The molecular formula is C21H21N3S. The molecule has 4 aromatic rings. The lowest BCUT2D eigenvalue weighted by atomic mass is 10.0. The highest BCUT2D eigenvalue weighted by molar-refractivity contribution is 7.08. The lowest BCUT2D eigenvalue weighted by Gasteiger charge is -2.09. The number of thiophene rings is 1. The van der Waals surface area contributed by atoms with E-state index in [1.54, 1.807) is 11.3 Å². The van der Waals surface area contributed by atoms with Gasteiger partial charge in [0.05, 0.1) is 5.52 Å². The van der Waals surface area contributed by atoms with Gasteiger partial charge in [-0.1, -0.05) is 26.0 Å². The number of hydrogen-bond acceptors (Lipinski definition) is 3. The molecule has 0 aliphatic rings. The van der Waals surface area contributed by atoms with E-state index in [1.807, 2.05) is 12.3 Å². The summed E-state index contributed by atoms with van der Waals surface area (Å²) in [5, 5.41) is 8.81. The highest BCUT2D eigenvalue weighted by Crippen LogP contribution is 2.30. The van der Waals surface area contributed by atoms with Crippen molar-refractivity contribution >= 4 is 33.7 Å². The van der Waals surface area contributed by atoms with Crippen LogP contribution in [0.25, 0.3) is 22.2 Å². The van der Waals surface area contributed by atoms with Crippen LogP contribution < -0.4 is 5.32 Å². The fourth-order valence-electron chi connectivity index (χ4n) is 3.06. The molecule has 0 aliphatic heterocycles. The minimum atomic E-state index is 0.671. The van der Waals surface area contributed by atoms with Crippen LogP contribution in [0.3, 0.4) is 0 Å². The Morgan fingerprint density at radius 1 is 1.12 bits per heavy atom. The number of benzene rings is 1. The lowest BCUT2D eigenvalue weighted by Crippen LogP contribution is -1.96. The largest absolute Gasteiger partial charge is 0.354 e. The van der Waals surface area contributed by atoms with Crippen LogP contribution >= 0.6 is 11.3 Å². The van der Waals surface area contributed by atoms with Gasteiger partial charge in [-0.2, -0.15) is 11.3 Å². The number of rotatable bonds is 5. The molecule has 3 heterocycles. The zero-order chi connectivity index (χ0) is 17.2. The number of nitrogens with zero attached hydrogens (tertiary/aromatic N) is 1. The molecule has 0 saturated carbocycles. The van der Waals surface area contributed by atoms with Crippen LogP contribution in [0.1, 0.15) is 19.4 Å². The van der Waals surface area contributed by atoms with Gasteiger partial charge in [-0.05, 0) is 53.6 Å². The van der Waals surface area contributed by atoms with E-state index in [1.165, 1.54) is 11.1 Å². The van der Waals surface area contributed by atoms with Gasteiger partial charge in [-0.15, -0.1) is 0 Å². The Kier molecular flexibility index (Phi) is 4.28. The van der Waals surface area contributed by atoms with Gasteiger partial charge >= 0.3 is 0 Å². The second-order valence-corrected chi connectivity index (χ2v) is 7.52. The molecule has 1 aromatic carbocycles. The first-order chi connectivity index (χ1) is 12.2. The van der Waals surface area contributed by atoms with Gasteiger partial charge in [0.2, 0.25) is 0 Å². The van der Waals surface area contributed by atoms with Crippen molar-refractivity contribution in [3.63, 3.8) is 0 Å². The Balaban J connectivity index is 1.63. The van der Waals surface area contributed by atoms with Crippen molar-refractivity contribution in [2.24, 2.45) is 5.92 Å². The van der Waals surface area contributed by atoms with Crippen LogP contribution in [0.2, 0.25) is 0 Å². The molecule has 0 amide bonds. The summed E-state index contributed by atoms with van der Waals surface area (Å²) < 4.78 is 0. The van der Waals surface area contributed by atoms with Crippen LogP contribution in [0.4, 0.5) is 11.5 Å². The van der Waals surface area contributed by atoms with Crippen molar-refractivity contribution in [1.82, 2.24) is 9.97 Å². The second-order valence-electron chi connectivity index (χ2n) is 6.74. The quantitative estimate of drug-likeness (QED) is 0.449. The van der Waals surface area contributed by atoms with Gasteiger partial charge < -0.3 is 10.3 Å². The molecule has 0 bridgehead atoms. The Morgan fingerprint density at radius 2 is 1.96 bits per heavy atom. The van der Waals surface area contributed by atoms with Crippen LogP contribution in [0.5, 0.6) is 0 Å². The summed E-state index contributed by atoms with van der Waals surface area (Å²) >= 11 is 1.71. The molecule has 3 nitrogen and oxygen atoms in total. The number of aromatic amines is 1. The average molecular weight is 347 g/mol. The molecule has 0 atom stereocenters. The summed E-state index contributed by atoms with van der Waals surface area (Å²) in [7, 11) is 0. The van der Waals surface area contributed by atoms with Crippen LogP contribution in [-0.4, -0.2) is 9.97 Å². The van der Waals surface area contributed by atoms with E-state index in [0.29, 0.717) is 5.92 Å². The van der Waals surface area contributed by atoms with Crippen molar-refractivity contribution in [3.05, 3.63) is 65.0 Å². The predicted molar refractivity (Wildman–Crippen MR) is 108 cm³/mol. The molecule has 0 unspecified atom stereocenters. The maximum Gasteiger partial charge on any atom is 0.139 e. The minimum Gasteiger partial charge on any atom is -0.354 e. The maximum absolute atomic E-state index is 4.54. The third-order valence-corrected chi connectivity index (χ3v) is 4.92. The van der Waals surface area contributed by atoms with Gasteiger partial charge in [-0.3, -0.25) is 0 Å². The van der Waals surface area contributed by atoms with Gasteiger partial charge in [0.1, 0.15) is 5.82 Å². The maximum atomic E-state index is 4.54. The van der Waals surface area contributed by atoms with Gasteiger partial charge in [0.25, 0.3) is 0 Å². The number of H-pyrrole nitrogens is 1. The van der Waals surface area contributed by atoms with E-state index in [2.05, 4.69) is 76.3 Å². The number of nitrogens with one attached hydrogen (secondary N) is 2. The molecule has 25 heavy (non-hydrogen) atoms. The predicted octanol–water partition coefficient (Wildman–Crippen LogP) is 6.23. The van der Waals surface area contributed by atoms with E-state index in [4.69, 9.17) is 0 Å². The van der Waals surface area contributed by atoms with Gasteiger partial charge in [0.15, 0.2) is 0 Å². The molecular weight excluding hydrogens is 326 g/mol. The zero-order valence-electron chi connectivity index (χ0n) is 14.4. The number of anilines is 2. The van der Waals surface area contributed by atoms with Crippen molar-refractivity contribution < 1.29 is 0 Å². The standard InChI is InChI=1S/C21H21N3S/c1-14(2)11-15-3-5-17(6-4-15)23-21-18-12-20(16-8-10-25-13-16)24-19(18)7-9-22-21/h3-10,12-14,24H,11H2,1-2H3,(H,22,23). The third-order valence-electron chi connectivity index (χ3n) is 4.24. The average Bonchev–Trinajstić information content (AvgIpc) is 3.25. The van der Waals surface area contributed by atoms with Crippen molar-refractivity contribution in [3.8, 4) is 11.3 Å². The van der Waals surface area contributed by atoms with Crippen molar-refractivity contribution in [2.75, 3.05) is 5.32 Å². The number of pyridine rings is 1. The molecule has 3 aromatic heterocycles. The van der Waals surface area contributed by atoms with Gasteiger partial charge in [-0.25, -0.2) is 4.98 Å². The fourth-order valence-corrected chi connectivity index (χ4v) is 3.71. The highest BCUT2D eigenvalue weighted by atomic mass is 32.1. The molecule has 0 aliphatic carbocycles. The minimum absolute atomic E-state index is 0.671. The summed E-state index contributed by atoms with van der Waals surface area (Å²) in [6.07, 6.45) is 2.95. The second kappa shape index (κ2) is 6.73. The topological polar surface area (TPSA) is 40.7 Å². The highest BCUT2D eigenvalue weighted by Gasteiger charge is 2.09. The van der Waals surface area contributed by atoms with Gasteiger partial charge in [0, 0.05) is 33.9 Å². The first-order valence-electron chi connectivity index (χ1n) is 8.55. The Bertz CT molecular complexity index is 966. The molecule has 2 N–H and O–H groups in total. The lowest BCUT2D eigenvalue weighted by molar-refractivity contribution is 0.647. The first-order valence-corrected chi connectivity index (χ1v) is 9.49. The molecule has 0 saturated heterocycles. The van der Waals surface area contributed by atoms with Crippen LogP contribution in [0.15, 0.2) is 59.4 Å². The summed E-state index contributed by atoms with van der Waals surface area (Å²) in [4.78, 5) is 8.02. The van der Waals surface area contributed by atoms with E-state index in [9.17, 15) is 0 Å². The number of aromatic nitrogens is 2. The zero-order valence-corrected chi connectivity index (χ0v) is 15.2. The van der Waals surface area contributed by atoms with E-state index < -0.39 is 0 Å². The van der Waals surface area contributed by atoms with Crippen LogP contribution in [0, 0.1) is 5.92 Å². The van der Waals surface area contributed by atoms with Crippen molar-refractivity contribution in [2.45, 2.75) is 20.3 Å². The molecule has 0 radical (unpaired) electrons. The van der Waals surface area contributed by atoms with Crippen molar-refractivity contribution in [1.29, 1.82) is 0 Å². The summed E-state index contributed by atoms with van der Waals surface area (Å²) in [5.41, 5.74) is 5.86. The van der Waals surface area contributed by atoms with E-state index >= 15 is 0 Å². The molecule has 4 heteroatoms. The molecule has 0 fully saturated rings. The summed E-state index contributed by atoms with van der Waals surface area (Å²) in [6, 6.07) is 15.0. The van der Waals surface area contributed by atoms with E-state index in [-0.39, 0.29) is 0 Å².